The number of fused-ring (bicyclic) bond motifs is 1. The molecule has 4 rings (SSSR count). The third-order valence-corrected chi connectivity index (χ3v) is 5.88. The molecule has 3 aromatic rings. The predicted octanol–water partition coefficient (Wildman–Crippen LogP) is 1.95. The Kier molecular flexibility index (Phi) is 5.12. The number of amides is 1. The van der Waals surface area contributed by atoms with E-state index in [2.05, 4.69) is 4.98 Å². The molecule has 1 N–H and O–H groups in total. The van der Waals surface area contributed by atoms with Gasteiger partial charge >= 0.3 is 0 Å². The van der Waals surface area contributed by atoms with Gasteiger partial charge in [0.15, 0.2) is 15.9 Å². The second kappa shape index (κ2) is 7.62. The van der Waals surface area contributed by atoms with Crippen LogP contribution in [0.15, 0.2) is 52.9 Å². The van der Waals surface area contributed by atoms with Crippen molar-refractivity contribution in [3.8, 4) is 5.75 Å². The molecule has 0 saturated carbocycles. The van der Waals surface area contributed by atoms with Gasteiger partial charge in [0.05, 0.1) is 12.5 Å². The van der Waals surface area contributed by atoms with Crippen LogP contribution in [0.25, 0.3) is 11.1 Å². The molecule has 1 aliphatic heterocycles. The van der Waals surface area contributed by atoms with Crippen molar-refractivity contribution in [2.24, 2.45) is 0 Å². The van der Waals surface area contributed by atoms with Gasteiger partial charge < -0.3 is 18.6 Å². The second-order valence-electron chi connectivity index (χ2n) is 7.15. The molecule has 158 valence electrons. The summed E-state index contributed by atoms with van der Waals surface area (Å²) in [6.45, 7) is 0.771. The summed E-state index contributed by atoms with van der Waals surface area (Å²) in [6.07, 6.45) is 0.528. The number of nitrogens with zero attached hydrogens (tertiary/aromatic N) is 2. The van der Waals surface area contributed by atoms with Crippen LogP contribution in [-0.4, -0.2) is 44.1 Å². The molecule has 0 bridgehead atoms. The number of hydrogen-bond acceptors (Lipinski definition) is 8. The Bertz CT molecular complexity index is 1150. The maximum absolute atomic E-state index is 12.9. The molecule has 2 heterocycles. The van der Waals surface area contributed by atoms with Gasteiger partial charge in [-0.3, -0.25) is 9.52 Å². The van der Waals surface area contributed by atoms with Crippen molar-refractivity contribution < 1.29 is 26.9 Å². The summed E-state index contributed by atoms with van der Waals surface area (Å²) in [5, 5.41) is 0. The van der Waals surface area contributed by atoms with Crippen molar-refractivity contribution in [3.63, 3.8) is 0 Å². The van der Waals surface area contributed by atoms with Gasteiger partial charge in [0.1, 0.15) is 11.3 Å². The summed E-state index contributed by atoms with van der Waals surface area (Å²) >= 11 is 0. The van der Waals surface area contributed by atoms with Gasteiger partial charge in [0.2, 0.25) is 5.91 Å². The van der Waals surface area contributed by atoms with Gasteiger partial charge in [-0.05, 0) is 42.7 Å². The van der Waals surface area contributed by atoms with Crippen molar-refractivity contribution >= 4 is 33.3 Å². The van der Waals surface area contributed by atoms with Gasteiger partial charge in [-0.15, -0.1) is 0 Å². The van der Waals surface area contributed by atoms with E-state index in [1.165, 1.54) is 7.11 Å². The van der Waals surface area contributed by atoms with Gasteiger partial charge in [0.25, 0.3) is 6.01 Å². The average molecular weight is 430 g/mol. The van der Waals surface area contributed by atoms with Crippen LogP contribution in [0.1, 0.15) is 18.4 Å². The number of rotatable bonds is 5. The zero-order chi connectivity index (χ0) is 21.4. The fraction of sp³-hybridized carbons (Fsp3) is 0.300. The number of benzene rings is 2. The monoisotopic (exact) mass is 430 g/mol. The summed E-state index contributed by atoms with van der Waals surface area (Å²) in [5.41, 5.74) is 0.772. The number of anilines is 1. The molecule has 1 fully saturated rings. The largest absolute Gasteiger partial charge is 0.731 e. The number of carbonyl (C=O) groups excluding carboxylic acids is 1. The summed E-state index contributed by atoms with van der Waals surface area (Å²) in [6, 6.07) is 14.7. The molecule has 0 aliphatic carbocycles. The number of para-hydroxylation sites is 2. The highest BCUT2D eigenvalue weighted by molar-refractivity contribution is 7.84. The first kappa shape index (κ1) is 20.2. The molecule has 9 nitrogen and oxygen atoms in total. The van der Waals surface area contributed by atoms with Crippen molar-refractivity contribution in [1.82, 2.24) is 9.71 Å². The van der Waals surface area contributed by atoms with Gasteiger partial charge in [-0.1, -0.05) is 24.3 Å². The third-order valence-electron chi connectivity index (χ3n) is 5.44. The Morgan fingerprint density at radius 2 is 1.93 bits per heavy atom. The lowest BCUT2D eigenvalue weighted by molar-refractivity contribution is -0.125. The van der Waals surface area contributed by atoms with Crippen molar-refractivity contribution in [1.29, 1.82) is 0 Å². The lowest BCUT2D eigenvalue weighted by Gasteiger charge is -2.40. The van der Waals surface area contributed by atoms with E-state index in [9.17, 15) is 17.8 Å². The first-order valence-corrected chi connectivity index (χ1v) is 10.7. The number of hydrogen-bond donors (Lipinski definition) is 1. The second-order valence-corrected chi connectivity index (χ2v) is 8.26. The SMILES string of the molecule is COc1cccc(C2(C(=O)NS(=O)(=O)[O-])CCN(c3nc4ccccc4o3)CC2)c1. The Morgan fingerprint density at radius 1 is 1.20 bits per heavy atom. The Balaban J connectivity index is 1.65. The molecule has 2 aromatic carbocycles. The molecule has 1 amide bonds. The molecule has 1 aliphatic rings. The molecule has 0 radical (unpaired) electrons. The Hall–Kier alpha value is -3.11. The van der Waals surface area contributed by atoms with Crippen LogP contribution in [0.3, 0.4) is 0 Å². The highest BCUT2D eigenvalue weighted by atomic mass is 32.2. The standard InChI is InChI=1S/C20H21N3O6S/c1-28-15-6-4-5-14(13-15)20(18(24)22-30(25,26)27)9-11-23(12-10-20)19-21-16-7-2-3-8-17(16)29-19/h2-8,13H,9-12H2,1H3,(H,22,24)(H,25,26,27)/p-1. The molecular weight excluding hydrogens is 410 g/mol. The summed E-state index contributed by atoms with van der Waals surface area (Å²) < 4.78 is 46.3. The number of ether oxygens (including phenoxy) is 1. The molecule has 30 heavy (non-hydrogen) atoms. The Labute approximate surface area is 173 Å². The fourth-order valence-corrected chi connectivity index (χ4v) is 4.28. The number of aromatic nitrogens is 1. The smallest absolute Gasteiger partial charge is 0.298 e. The first-order valence-electron chi connectivity index (χ1n) is 9.34. The lowest BCUT2D eigenvalue weighted by Crippen LogP contribution is -2.53. The minimum atomic E-state index is -4.94. The normalized spacial score (nSPS) is 16.4. The van der Waals surface area contributed by atoms with Crippen LogP contribution in [0.5, 0.6) is 5.75 Å². The van der Waals surface area contributed by atoms with Crippen LogP contribution >= 0.6 is 0 Å². The zero-order valence-corrected chi connectivity index (χ0v) is 17.0. The molecule has 1 aromatic heterocycles. The maximum Gasteiger partial charge on any atom is 0.298 e. The van der Waals surface area contributed by atoms with Crippen molar-refractivity contribution in [3.05, 3.63) is 54.1 Å². The van der Waals surface area contributed by atoms with Gasteiger partial charge in [-0.2, -0.15) is 4.98 Å². The quantitative estimate of drug-likeness (QED) is 0.609. The van der Waals surface area contributed by atoms with Crippen LogP contribution in [-0.2, 0) is 20.5 Å². The predicted molar refractivity (Wildman–Crippen MR) is 108 cm³/mol. The minimum Gasteiger partial charge on any atom is -0.731 e. The van der Waals surface area contributed by atoms with Gasteiger partial charge in [0, 0.05) is 13.1 Å². The molecule has 0 unspecified atom stereocenters. The Morgan fingerprint density at radius 3 is 2.60 bits per heavy atom. The number of methoxy groups -OCH3 is 1. The molecule has 0 atom stereocenters. The number of carbonyl (C=O) groups is 1. The third kappa shape index (κ3) is 3.83. The molecule has 10 heteroatoms. The lowest BCUT2D eigenvalue weighted by atomic mass is 9.72. The molecule has 1 saturated heterocycles. The van der Waals surface area contributed by atoms with E-state index < -0.39 is 21.6 Å². The molecular formula is C20H20N3O6S-. The summed E-state index contributed by atoms with van der Waals surface area (Å²) in [5.74, 6) is -0.311. The van der Waals surface area contributed by atoms with Crippen LogP contribution in [0.2, 0.25) is 0 Å². The number of oxazole rings is 1. The van der Waals surface area contributed by atoms with Crippen LogP contribution in [0.4, 0.5) is 6.01 Å². The van der Waals surface area contributed by atoms with E-state index in [-0.39, 0.29) is 12.8 Å². The summed E-state index contributed by atoms with van der Waals surface area (Å²) in [7, 11) is -3.44. The van der Waals surface area contributed by atoms with E-state index in [0.717, 1.165) is 5.52 Å². The van der Waals surface area contributed by atoms with E-state index in [1.54, 1.807) is 29.0 Å². The first-order chi connectivity index (χ1) is 14.3. The maximum atomic E-state index is 12.9. The van der Waals surface area contributed by atoms with Crippen LogP contribution in [0, 0.1) is 0 Å². The van der Waals surface area contributed by atoms with Gasteiger partial charge in [-0.25, -0.2) is 8.42 Å². The zero-order valence-electron chi connectivity index (χ0n) is 16.2. The van der Waals surface area contributed by atoms with E-state index >= 15 is 0 Å². The highest BCUT2D eigenvalue weighted by Gasteiger charge is 2.44. The van der Waals surface area contributed by atoms with E-state index in [0.29, 0.717) is 36.0 Å². The average Bonchev–Trinajstić information content (AvgIpc) is 3.17. The summed E-state index contributed by atoms with van der Waals surface area (Å²) in [4.78, 5) is 19.3. The van der Waals surface area contributed by atoms with Crippen molar-refractivity contribution in [2.75, 3.05) is 25.1 Å². The molecule has 0 spiro atoms. The van der Waals surface area contributed by atoms with Crippen LogP contribution < -0.4 is 14.4 Å². The minimum absolute atomic E-state index is 0.264. The van der Waals surface area contributed by atoms with Crippen molar-refractivity contribution in [2.45, 2.75) is 18.3 Å². The fourth-order valence-electron chi connectivity index (χ4n) is 3.85. The topological polar surface area (TPSA) is 125 Å². The van der Waals surface area contributed by atoms with E-state index in [4.69, 9.17) is 9.15 Å². The highest BCUT2D eigenvalue weighted by Crippen LogP contribution is 2.39. The van der Waals surface area contributed by atoms with E-state index in [1.807, 2.05) is 29.2 Å². The number of nitrogens with one attached hydrogen (secondary N) is 1. The number of piperidine rings is 1.